The van der Waals surface area contributed by atoms with Crippen molar-refractivity contribution in [2.45, 2.75) is 39.0 Å². The summed E-state index contributed by atoms with van der Waals surface area (Å²) in [5, 5.41) is 8.44. The van der Waals surface area contributed by atoms with Crippen LogP contribution in [-0.2, 0) is 17.6 Å². The number of aromatic nitrogens is 3. The first-order valence-corrected chi connectivity index (χ1v) is 9.52. The first-order valence-electron chi connectivity index (χ1n) is 9.52. The number of carbonyl (C=O) groups excluding carboxylic acids is 1. The molecule has 3 aromatic rings. The third kappa shape index (κ3) is 3.52. The number of para-hydroxylation sites is 1. The van der Waals surface area contributed by atoms with Gasteiger partial charge in [0.15, 0.2) is 0 Å². The number of fused-ring (bicyclic) bond motifs is 1. The first kappa shape index (κ1) is 16.9. The molecule has 1 aromatic carbocycles. The predicted molar refractivity (Wildman–Crippen MR) is 103 cm³/mol. The van der Waals surface area contributed by atoms with E-state index in [9.17, 15) is 4.79 Å². The predicted octanol–water partition coefficient (Wildman–Crippen LogP) is 3.61. The quantitative estimate of drug-likeness (QED) is 0.738. The second-order valence-corrected chi connectivity index (χ2v) is 7.44. The fraction of sp³-hybridized carbons (Fsp3) is 0.429. The molecule has 1 unspecified atom stereocenters. The lowest BCUT2D eigenvalue weighted by atomic mass is 9.92. The number of hydrogen-bond donors (Lipinski definition) is 2. The van der Waals surface area contributed by atoms with E-state index in [2.05, 4.69) is 39.1 Å². The van der Waals surface area contributed by atoms with Crippen molar-refractivity contribution in [2.75, 3.05) is 13.1 Å². The zero-order valence-electron chi connectivity index (χ0n) is 15.3. The van der Waals surface area contributed by atoms with Crippen LogP contribution in [0.1, 0.15) is 36.1 Å². The van der Waals surface area contributed by atoms with Gasteiger partial charge in [-0.15, -0.1) is 0 Å². The molecule has 1 aliphatic heterocycles. The molecule has 1 atom stereocenters. The van der Waals surface area contributed by atoms with E-state index in [0.29, 0.717) is 12.3 Å². The Morgan fingerprint density at radius 2 is 2.23 bits per heavy atom. The SMILES string of the molecule is Cc1cn[nH]c1CC1CCCN(C(=O)CCc2c[nH]c3ccccc23)C1. The highest BCUT2D eigenvalue weighted by molar-refractivity contribution is 5.84. The van der Waals surface area contributed by atoms with Crippen LogP contribution in [0.2, 0.25) is 0 Å². The largest absolute Gasteiger partial charge is 0.361 e. The Morgan fingerprint density at radius 3 is 3.08 bits per heavy atom. The van der Waals surface area contributed by atoms with Gasteiger partial charge in [-0.25, -0.2) is 0 Å². The van der Waals surface area contributed by atoms with Gasteiger partial charge < -0.3 is 9.88 Å². The number of aromatic amines is 2. The maximum atomic E-state index is 12.7. The molecule has 2 aromatic heterocycles. The second-order valence-electron chi connectivity index (χ2n) is 7.44. The van der Waals surface area contributed by atoms with Gasteiger partial charge in [0.05, 0.1) is 6.20 Å². The average Bonchev–Trinajstić information content (AvgIpc) is 3.26. The van der Waals surface area contributed by atoms with Crippen LogP contribution in [0.25, 0.3) is 10.9 Å². The number of likely N-dealkylation sites (tertiary alicyclic amines) is 1. The van der Waals surface area contributed by atoms with Crippen LogP contribution in [0.5, 0.6) is 0 Å². The van der Waals surface area contributed by atoms with E-state index in [0.717, 1.165) is 37.9 Å². The van der Waals surface area contributed by atoms with Crippen molar-refractivity contribution >= 4 is 16.8 Å². The number of H-pyrrole nitrogens is 2. The summed E-state index contributed by atoms with van der Waals surface area (Å²) in [7, 11) is 0. The zero-order chi connectivity index (χ0) is 17.9. The highest BCUT2D eigenvalue weighted by Gasteiger charge is 2.24. The van der Waals surface area contributed by atoms with Crippen LogP contribution in [0.4, 0.5) is 0 Å². The summed E-state index contributed by atoms with van der Waals surface area (Å²) in [5.74, 6) is 0.807. The molecule has 0 aliphatic carbocycles. The minimum atomic E-state index is 0.279. The second kappa shape index (κ2) is 7.36. The van der Waals surface area contributed by atoms with E-state index < -0.39 is 0 Å². The average molecular weight is 350 g/mol. The number of aryl methyl sites for hydroxylation is 2. The number of piperidine rings is 1. The third-order valence-electron chi connectivity index (χ3n) is 5.58. The van der Waals surface area contributed by atoms with E-state index in [1.165, 1.54) is 28.6 Å². The lowest BCUT2D eigenvalue weighted by Gasteiger charge is -2.33. The minimum Gasteiger partial charge on any atom is -0.361 e. The molecule has 2 N–H and O–H groups in total. The maximum Gasteiger partial charge on any atom is 0.222 e. The Hall–Kier alpha value is -2.56. The monoisotopic (exact) mass is 350 g/mol. The van der Waals surface area contributed by atoms with Crippen molar-refractivity contribution in [3.63, 3.8) is 0 Å². The molecule has 0 saturated carbocycles. The lowest BCUT2D eigenvalue weighted by molar-refractivity contribution is -0.132. The number of nitrogens with one attached hydrogen (secondary N) is 2. The van der Waals surface area contributed by atoms with Crippen molar-refractivity contribution in [1.82, 2.24) is 20.1 Å². The number of hydrogen-bond acceptors (Lipinski definition) is 2. The molecule has 26 heavy (non-hydrogen) atoms. The van der Waals surface area contributed by atoms with Crippen LogP contribution in [0.3, 0.4) is 0 Å². The molecule has 1 saturated heterocycles. The molecular formula is C21H26N4O. The minimum absolute atomic E-state index is 0.279. The van der Waals surface area contributed by atoms with Gasteiger partial charge in [0.2, 0.25) is 5.91 Å². The Morgan fingerprint density at radius 1 is 1.35 bits per heavy atom. The van der Waals surface area contributed by atoms with Crippen LogP contribution >= 0.6 is 0 Å². The molecule has 1 amide bonds. The van der Waals surface area contributed by atoms with E-state index in [4.69, 9.17) is 0 Å². The van der Waals surface area contributed by atoms with Crippen LogP contribution in [-0.4, -0.2) is 39.1 Å². The topological polar surface area (TPSA) is 64.8 Å². The van der Waals surface area contributed by atoms with Crippen LogP contribution < -0.4 is 0 Å². The van der Waals surface area contributed by atoms with Gasteiger partial charge in [-0.3, -0.25) is 9.89 Å². The summed E-state index contributed by atoms with van der Waals surface area (Å²) in [5.41, 5.74) is 4.80. The summed E-state index contributed by atoms with van der Waals surface area (Å²) in [6.45, 7) is 3.85. The molecule has 3 heterocycles. The van der Waals surface area contributed by atoms with Crippen LogP contribution in [0.15, 0.2) is 36.7 Å². The van der Waals surface area contributed by atoms with E-state index >= 15 is 0 Å². The van der Waals surface area contributed by atoms with Gasteiger partial charge in [0.25, 0.3) is 0 Å². The number of rotatable bonds is 5. The number of benzene rings is 1. The van der Waals surface area contributed by atoms with Crippen LogP contribution in [0, 0.1) is 12.8 Å². The molecule has 1 aliphatic rings. The van der Waals surface area contributed by atoms with Crippen molar-refractivity contribution in [3.05, 3.63) is 53.5 Å². The molecule has 4 rings (SSSR count). The molecular weight excluding hydrogens is 324 g/mol. The molecule has 1 fully saturated rings. The summed E-state index contributed by atoms with van der Waals surface area (Å²) >= 11 is 0. The van der Waals surface area contributed by atoms with Gasteiger partial charge in [0, 0.05) is 42.3 Å². The Balaban J connectivity index is 1.34. The van der Waals surface area contributed by atoms with Crippen molar-refractivity contribution < 1.29 is 4.79 Å². The smallest absolute Gasteiger partial charge is 0.222 e. The summed E-state index contributed by atoms with van der Waals surface area (Å²) in [6, 6.07) is 8.28. The Labute approximate surface area is 153 Å². The van der Waals surface area contributed by atoms with E-state index in [1.807, 2.05) is 24.5 Å². The molecule has 0 bridgehead atoms. The molecule has 5 heteroatoms. The van der Waals surface area contributed by atoms with Crippen molar-refractivity contribution in [3.8, 4) is 0 Å². The first-order chi connectivity index (χ1) is 12.7. The molecule has 5 nitrogen and oxygen atoms in total. The van der Waals surface area contributed by atoms with Crippen molar-refractivity contribution in [2.24, 2.45) is 5.92 Å². The fourth-order valence-corrected chi connectivity index (χ4v) is 4.06. The summed E-state index contributed by atoms with van der Waals surface area (Å²) < 4.78 is 0. The van der Waals surface area contributed by atoms with E-state index in [1.54, 1.807) is 0 Å². The Bertz CT molecular complexity index is 894. The molecule has 136 valence electrons. The number of amides is 1. The zero-order valence-corrected chi connectivity index (χ0v) is 15.3. The van der Waals surface area contributed by atoms with Gasteiger partial charge >= 0.3 is 0 Å². The number of nitrogens with zero attached hydrogens (tertiary/aromatic N) is 2. The molecule has 0 spiro atoms. The van der Waals surface area contributed by atoms with Gasteiger partial charge in [-0.2, -0.15) is 5.10 Å². The highest BCUT2D eigenvalue weighted by atomic mass is 16.2. The standard InChI is InChI=1S/C21H26N4O/c1-15-12-23-24-20(15)11-16-5-4-10-25(14-16)21(26)9-8-17-13-22-19-7-3-2-6-18(17)19/h2-3,6-7,12-13,16,22H,4-5,8-11,14H2,1H3,(H,23,24). The van der Waals surface area contributed by atoms with Gasteiger partial charge in [-0.05, 0) is 55.7 Å². The third-order valence-corrected chi connectivity index (χ3v) is 5.58. The number of carbonyl (C=O) groups is 1. The maximum absolute atomic E-state index is 12.7. The summed E-state index contributed by atoms with van der Waals surface area (Å²) in [4.78, 5) is 18.1. The van der Waals surface area contributed by atoms with Gasteiger partial charge in [0.1, 0.15) is 0 Å². The normalized spacial score (nSPS) is 17.7. The Kier molecular flexibility index (Phi) is 4.78. The van der Waals surface area contributed by atoms with Crippen molar-refractivity contribution in [1.29, 1.82) is 0 Å². The molecule has 0 radical (unpaired) electrons. The highest BCUT2D eigenvalue weighted by Crippen LogP contribution is 2.23. The fourth-order valence-electron chi connectivity index (χ4n) is 4.06. The van der Waals surface area contributed by atoms with E-state index in [-0.39, 0.29) is 5.91 Å². The summed E-state index contributed by atoms with van der Waals surface area (Å²) in [6.07, 6.45) is 8.56. The lowest BCUT2D eigenvalue weighted by Crippen LogP contribution is -2.40. The van der Waals surface area contributed by atoms with Gasteiger partial charge in [-0.1, -0.05) is 18.2 Å².